The minimum atomic E-state index is -3.88. The summed E-state index contributed by atoms with van der Waals surface area (Å²) in [4.78, 5) is 0. The fourth-order valence-electron chi connectivity index (χ4n) is 2.89. The van der Waals surface area contributed by atoms with E-state index in [1.165, 1.54) is 32.1 Å². The van der Waals surface area contributed by atoms with Crippen LogP contribution in [-0.4, -0.2) is 76.3 Å². The van der Waals surface area contributed by atoms with Crippen LogP contribution in [0.4, 0.5) is 0 Å². The zero-order valence-electron chi connectivity index (χ0n) is 16.5. The van der Waals surface area contributed by atoms with Gasteiger partial charge in [-0.1, -0.05) is 32.6 Å². The van der Waals surface area contributed by atoms with Gasteiger partial charge in [-0.05, 0) is 19.8 Å². The predicted octanol–water partition coefficient (Wildman–Crippen LogP) is 3.12. The molecule has 0 fully saturated rings. The smallest absolute Gasteiger partial charge is 0.265 e. The third-order valence-corrected chi connectivity index (χ3v) is 5.31. The van der Waals surface area contributed by atoms with Gasteiger partial charge in [0.25, 0.3) is 10.1 Å². The van der Waals surface area contributed by atoms with Crippen molar-refractivity contribution in [1.29, 1.82) is 0 Å². The maximum atomic E-state index is 10.9. The Morgan fingerprint density at radius 3 is 2.04 bits per heavy atom. The molecular weight excluding hydrogens is 342 g/mol. The molecule has 1 atom stereocenters. The zero-order valence-corrected chi connectivity index (χ0v) is 17.4. The second-order valence-corrected chi connectivity index (χ2v) is 8.58. The predicted molar refractivity (Wildman–Crippen MR) is 103 cm³/mol. The molecule has 152 valence electrons. The molecule has 6 nitrogen and oxygen atoms in total. The van der Waals surface area contributed by atoms with Gasteiger partial charge in [-0.2, -0.15) is 8.42 Å². The van der Waals surface area contributed by atoms with E-state index in [4.69, 9.17) is 14.0 Å². The Morgan fingerprint density at radius 1 is 0.800 bits per heavy atom. The highest BCUT2D eigenvalue weighted by atomic mass is 32.2. The summed E-state index contributed by atoms with van der Waals surface area (Å²) in [5.41, 5.74) is 0. The number of ether oxygens (including phenoxy) is 2. The normalized spacial score (nSPS) is 14.6. The summed E-state index contributed by atoms with van der Waals surface area (Å²) in [6.45, 7) is 9.34. The number of rotatable bonds is 18. The Bertz CT molecular complexity index is 384. The lowest BCUT2D eigenvalue weighted by Gasteiger charge is -2.34. The van der Waals surface area contributed by atoms with Crippen LogP contribution in [0.25, 0.3) is 0 Å². The molecule has 0 radical (unpaired) electrons. The largest absolute Gasteiger partial charge is 0.379 e. The van der Waals surface area contributed by atoms with Gasteiger partial charge in [0.15, 0.2) is 0 Å². The Morgan fingerprint density at radius 2 is 1.40 bits per heavy atom. The maximum Gasteiger partial charge on any atom is 0.265 e. The number of unbranched alkanes of at least 4 members (excludes halogenated alkanes) is 5. The quantitative estimate of drug-likeness (QED) is 0.224. The van der Waals surface area contributed by atoms with Crippen molar-refractivity contribution in [1.82, 2.24) is 0 Å². The van der Waals surface area contributed by atoms with Crippen LogP contribution in [0.3, 0.4) is 0 Å². The van der Waals surface area contributed by atoms with Crippen LogP contribution in [-0.2, 0) is 19.6 Å². The Labute approximate surface area is 155 Å². The van der Waals surface area contributed by atoms with E-state index in [9.17, 15) is 8.42 Å². The van der Waals surface area contributed by atoms with Crippen molar-refractivity contribution < 1.29 is 26.9 Å². The summed E-state index contributed by atoms with van der Waals surface area (Å²) in [5, 5.41) is 0. The standard InChI is InChI=1S/C18H39NO5S/c1-4-6-7-8-9-10-12-19(3,13-11-18-25(20,21)22)14-15-24-17-16-23-5-2/h4-18H2,1-3H3/p+1. The summed E-state index contributed by atoms with van der Waals surface area (Å²) in [6, 6.07) is 0. The molecule has 0 aromatic carbocycles. The lowest BCUT2D eigenvalue weighted by atomic mass is 10.1. The van der Waals surface area contributed by atoms with E-state index in [2.05, 4.69) is 14.0 Å². The van der Waals surface area contributed by atoms with E-state index >= 15 is 0 Å². The molecule has 1 unspecified atom stereocenters. The number of hydrogen-bond acceptors (Lipinski definition) is 4. The topological polar surface area (TPSA) is 72.8 Å². The van der Waals surface area contributed by atoms with Gasteiger partial charge >= 0.3 is 0 Å². The van der Waals surface area contributed by atoms with E-state index in [-0.39, 0.29) is 5.75 Å². The van der Waals surface area contributed by atoms with Crippen LogP contribution in [0.5, 0.6) is 0 Å². The van der Waals surface area contributed by atoms with E-state index in [1.54, 1.807) is 0 Å². The van der Waals surface area contributed by atoms with Gasteiger partial charge in [0.1, 0.15) is 6.54 Å². The van der Waals surface area contributed by atoms with E-state index in [0.29, 0.717) is 32.8 Å². The number of quaternary nitrogens is 1. The highest BCUT2D eigenvalue weighted by molar-refractivity contribution is 7.85. The van der Waals surface area contributed by atoms with Crippen LogP contribution >= 0.6 is 0 Å². The number of hydrogen-bond donors (Lipinski definition) is 1. The first kappa shape index (κ1) is 24.8. The van der Waals surface area contributed by atoms with Crippen molar-refractivity contribution in [3.63, 3.8) is 0 Å². The second kappa shape index (κ2) is 14.9. The molecule has 0 spiro atoms. The Hall–Kier alpha value is -0.210. The van der Waals surface area contributed by atoms with E-state index < -0.39 is 10.1 Å². The average Bonchev–Trinajstić information content (AvgIpc) is 2.53. The fraction of sp³-hybridized carbons (Fsp3) is 1.00. The summed E-state index contributed by atoms with van der Waals surface area (Å²) in [5.74, 6) is -0.164. The van der Waals surface area contributed by atoms with Crippen molar-refractivity contribution in [2.45, 2.75) is 58.8 Å². The molecule has 0 amide bonds. The third-order valence-electron chi connectivity index (χ3n) is 4.50. The average molecular weight is 383 g/mol. The number of likely N-dealkylation sites (N-methyl/N-ethyl adjacent to an activating group) is 1. The van der Waals surface area contributed by atoms with Gasteiger partial charge in [0.2, 0.25) is 0 Å². The molecule has 0 rings (SSSR count). The minimum Gasteiger partial charge on any atom is -0.379 e. The van der Waals surface area contributed by atoms with Gasteiger partial charge in [0.05, 0.1) is 45.7 Å². The van der Waals surface area contributed by atoms with Gasteiger partial charge in [0, 0.05) is 13.0 Å². The van der Waals surface area contributed by atoms with E-state index in [0.717, 1.165) is 30.5 Å². The fourth-order valence-corrected chi connectivity index (χ4v) is 3.38. The molecule has 0 heterocycles. The summed E-state index contributed by atoms with van der Waals surface area (Å²) < 4.78 is 42.5. The molecule has 0 aliphatic carbocycles. The van der Waals surface area contributed by atoms with Crippen molar-refractivity contribution in [3.8, 4) is 0 Å². The molecule has 25 heavy (non-hydrogen) atoms. The monoisotopic (exact) mass is 382 g/mol. The van der Waals surface area contributed by atoms with Crippen LogP contribution in [0.2, 0.25) is 0 Å². The molecule has 0 aliphatic rings. The lowest BCUT2D eigenvalue weighted by Crippen LogP contribution is -2.48. The second-order valence-electron chi connectivity index (χ2n) is 7.01. The van der Waals surface area contributed by atoms with Gasteiger partial charge in [-0.15, -0.1) is 0 Å². The van der Waals surface area contributed by atoms with Crippen molar-refractivity contribution >= 4 is 10.1 Å². The summed E-state index contributed by atoms with van der Waals surface area (Å²) >= 11 is 0. The molecule has 0 saturated heterocycles. The molecule has 0 aliphatic heterocycles. The Kier molecular flexibility index (Phi) is 14.8. The molecule has 0 bridgehead atoms. The molecule has 0 aromatic rings. The van der Waals surface area contributed by atoms with Crippen LogP contribution < -0.4 is 0 Å². The van der Waals surface area contributed by atoms with Crippen LogP contribution in [0, 0.1) is 0 Å². The lowest BCUT2D eigenvalue weighted by molar-refractivity contribution is -0.910. The maximum absolute atomic E-state index is 10.9. The van der Waals surface area contributed by atoms with Crippen LogP contribution in [0.15, 0.2) is 0 Å². The van der Waals surface area contributed by atoms with Gasteiger partial charge < -0.3 is 14.0 Å². The minimum absolute atomic E-state index is 0.164. The zero-order chi connectivity index (χ0) is 19.0. The highest BCUT2D eigenvalue weighted by Crippen LogP contribution is 2.11. The van der Waals surface area contributed by atoms with Gasteiger partial charge in [-0.3, -0.25) is 4.55 Å². The first-order valence-electron chi connectivity index (χ1n) is 9.77. The SMILES string of the molecule is CCCCCCCC[N+](C)(CCCS(=O)(=O)O)CCOCCOCC. The van der Waals surface area contributed by atoms with Crippen molar-refractivity contribution in [2.75, 3.05) is 58.9 Å². The van der Waals surface area contributed by atoms with Crippen molar-refractivity contribution in [2.24, 2.45) is 0 Å². The molecule has 0 aromatic heterocycles. The van der Waals surface area contributed by atoms with Gasteiger partial charge in [-0.25, -0.2) is 0 Å². The number of nitrogens with zero attached hydrogens (tertiary/aromatic N) is 1. The van der Waals surface area contributed by atoms with E-state index in [1.807, 2.05) is 6.92 Å². The first-order valence-corrected chi connectivity index (χ1v) is 11.4. The third kappa shape index (κ3) is 17.0. The molecular formula is C18H40NO5S+. The van der Waals surface area contributed by atoms with Crippen LogP contribution in [0.1, 0.15) is 58.8 Å². The molecule has 0 saturated carbocycles. The first-order chi connectivity index (χ1) is 11.8. The summed E-state index contributed by atoms with van der Waals surface area (Å²) in [6.07, 6.45) is 7.95. The Balaban J connectivity index is 4.18. The summed E-state index contributed by atoms with van der Waals surface area (Å²) in [7, 11) is -1.72. The molecule has 7 heteroatoms. The van der Waals surface area contributed by atoms with Crippen molar-refractivity contribution in [3.05, 3.63) is 0 Å². The highest BCUT2D eigenvalue weighted by Gasteiger charge is 2.21. The molecule has 1 N–H and O–H groups in total.